The molecule has 1 aromatic carbocycles. The Morgan fingerprint density at radius 1 is 1.32 bits per heavy atom. The van der Waals surface area contributed by atoms with E-state index in [0.29, 0.717) is 11.5 Å². The molecule has 22 heavy (non-hydrogen) atoms. The average molecular weight is 293 g/mol. The van der Waals surface area contributed by atoms with Gasteiger partial charge in [-0.05, 0) is 37.0 Å². The third-order valence-corrected chi connectivity index (χ3v) is 3.99. The highest BCUT2D eigenvalue weighted by Crippen LogP contribution is 2.20. The Kier molecular flexibility index (Phi) is 3.72. The summed E-state index contributed by atoms with van der Waals surface area (Å²) in [5.74, 6) is 1.69. The molecule has 0 fully saturated rings. The molecule has 0 unspecified atom stereocenters. The standard InChI is InChI=1S/C18H20N4/c1-12(2)8-9-20-17-10-13(3)14(11-19)18-21-15-6-4-5-7-16(15)22(17)18/h4-7,10,12H,8-9H2,1-3H3,(H,20,21)/p+1. The summed E-state index contributed by atoms with van der Waals surface area (Å²) in [5.41, 5.74) is 4.67. The topological polar surface area (TPSA) is 55.7 Å². The summed E-state index contributed by atoms with van der Waals surface area (Å²) < 4.78 is 2.11. The van der Waals surface area contributed by atoms with Gasteiger partial charge in [-0.15, -0.1) is 0 Å². The SMILES string of the molecule is Cc1cc(NCCC(C)C)[n+]2c([nH]c3ccccc32)c1C#N. The third-order valence-electron chi connectivity index (χ3n) is 3.99. The molecule has 0 aliphatic rings. The van der Waals surface area contributed by atoms with Crippen LogP contribution < -0.4 is 9.72 Å². The normalized spacial score (nSPS) is 11.2. The van der Waals surface area contributed by atoms with E-state index in [9.17, 15) is 5.26 Å². The summed E-state index contributed by atoms with van der Waals surface area (Å²) in [6.45, 7) is 7.35. The van der Waals surface area contributed by atoms with Gasteiger partial charge in [-0.2, -0.15) is 9.66 Å². The lowest BCUT2D eigenvalue weighted by Crippen LogP contribution is -2.28. The number of H-pyrrole nitrogens is 1. The van der Waals surface area contributed by atoms with Crippen LogP contribution in [0.2, 0.25) is 0 Å². The maximum Gasteiger partial charge on any atom is 0.250 e. The van der Waals surface area contributed by atoms with Crippen LogP contribution in [0.3, 0.4) is 0 Å². The summed E-state index contributed by atoms with van der Waals surface area (Å²) in [4.78, 5) is 3.38. The number of para-hydroxylation sites is 2. The number of nitrogens with one attached hydrogen (secondary N) is 2. The molecule has 4 nitrogen and oxygen atoms in total. The number of hydrogen-bond donors (Lipinski definition) is 2. The number of aromatic nitrogens is 2. The fraction of sp³-hybridized carbons (Fsp3) is 0.333. The zero-order valence-corrected chi connectivity index (χ0v) is 13.3. The maximum absolute atomic E-state index is 9.48. The molecule has 0 amide bonds. The van der Waals surface area contributed by atoms with Crippen molar-refractivity contribution in [1.82, 2.24) is 4.98 Å². The van der Waals surface area contributed by atoms with Crippen molar-refractivity contribution in [3.63, 3.8) is 0 Å². The Morgan fingerprint density at radius 2 is 2.09 bits per heavy atom. The first kappa shape index (κ1) is 14.4. The Balaban J connectivity index is 2.21. The summed E-state index contributed by atoms with van der Waals surface area (Å²) in [7, 11) is 0. The van der Waals surface area contributed by atoms with E-state index in [-0.39, 0.29) is 0 Å². The average Bonchev–Trinajstić information content (AvgIpc) is 2.86. The number of pyridine rings is 1. The van der Waals surface area contributed by atoms with E-state index >= 15 is 0 Å². The summed E-state index contributed by atoms with van der Waals surface area (Å²) in [6.07, 6.45) is 1.11. The van der Waals surface area contributed by atoms with Gasteiger partial charge in [0.15, 0.2) is 0 Å². The minimum absolute atomic E-state index is 0.662. The number of hydrogen-bond acceptors (Lipinski definition) is 2. The van der Waals surface area contributed by atoms with E-state index in [4.69, 9.17) is 0 Å². The van der Waals surface area contributed by atoms with Crippen LogP contribution in [0.1, 0.15) is 31.4 Å². The van der Waals surface area contributed by atoms with Crippen LogP contribution in [0.5, 0.6) is 0 Å². The molecule has 3 aromatic rings. The minimum Gasteiger partial charge on any atom is -0.305 e. The van der Waals surface area contributed by atoms with Crippen molar-refractivity contribution in [2.45, 2.75) is 27.2 Å². The number of rotatable bonds is 4. The van der Waals surface area contributed by atoms with E-state index in [2.05, 4.69) is 46.8 Å². The van der Waals surface area contributed by atoms with Crippen LogP contribution in [0, 0.1) is 24.2 Å². The first-order chi connectivity index (χ1) is 10.6. The fourth-order valence-electron chi connectivity index (χ4n) is 2.79. The monoisotopic (exact) mass is 293 g/mol. The number of nitriles is 1. The third kappa shape index (κ3) is 2.39. The number of anilines is 1. The van der Waals surface area contributed by atoms with Crippen LogP contribution in [-0.4, -0.2) is 11.5 Å². The van der Waals surface area contributed by atoms with Gasteiger partial charge in [0.25, 0.3) is 0 Å². The van der Waals surface area contributed by atoms with Gasteiger partial charge < -0.3 is 5.32 Å². The minimum atomic E-state index is 0.662. The van der Waals surface area contributed by atoms with E-state index in [0.717, 1.165) is 41.0 Å². The molecule has 0 spiro atoms. The Labute approximate surface area is 130 Å². The lowest BCUT2D eigenvalue weighted by atomic mass is 10.1. The summed E-state index contributed by atoms with van der Waals surface area (Å²) in [5, 5.41) is 13.0. The van der Waals surface area contributed by atoms with Gasteiger partial charge in [-0.25, -0.2) is 0 Å². The number of benzene rings is 1. The molecule has 0 saturated heterocycles. The lowest BCUT2D eigenvalue weighted by molar-refractivity contribution is -0.465. The Morgan fingerprint density at radius 3 is 2.82 bits per heavy atom. The molecule has 0 bridgehead atoms. The molecule has 2 N–H and O–H groups in total. The zero-order valence-electron chi connectivity index (χ0n) is 13.3. The lowest BCUT2D eigenvalue weighted by Gasteiger charge is -2.07. The van der Waals surface area contributed by atoms with Crippen LogP contribution in [-0.2, 0) is 0 Å². The van der Waals surface area contributed by atoms with Crippen LogP contribution >= 0.6 is 0 Å². The molecule has 112 valence electrons. The molecule has 4 heteroatoms. The number of nitrogens with zero attached hydrogens (tertiary/aromatic N) is 2. The molecule has 0 radical (unpaired) electrons. The largest absolute Gasteiger partial charge is 0.305 e. The molecule has 0 atom stereocenters. The van der Waals surface area contributed by atoms with E-state index in [1.165, 1.54) is 0 Å². The number of aryl methyl sites for hydroxylation is 1. The highest BCUT2D eigenvalue weighted by molar-refractivity contribution is 5.77. The highest BCUT2D eigenvalue weighted by Gasteiger charge is 2.19. The van der Waals surface area contributed by atoms with Gasteiger partial charge in [0.05, 0.1) is 6.54 Å². The van der Waals surface area contributed by atoms with E-state index in [1.54, 1.807) is 0 Å². The molecular weight excluding hydrogens is 272 g/mol. The van der Waals surface area contributed by atoms with Gasteiger partial charge in [0, 0.05) is 6.07 Å². The molecule has 0 aliphatic carbocycles. The molecular formula is C18H21N4+. The Bertz CT molecular complexity index is 868. The smallest absolute Gasteiger partial charge is 0.250 e. The van der Waals surface area contributed by atoms with E-state index < -0.39 is 0 Å². The predicted molar refractivity (Wildman–Crippen MR) is 88.9 cm³/mol. The Hall–Kier alpha value is -2.54. The van der Waals surface area contributed by atoms with Crippen LogP contribution in [0.25, 0.3) is 16.7 Å². The van der Waals surface area contributed by atoms with Crippen molar-refractivity contribution in [3.8, 4) is 6.07 Å². The van der Waals surface area contributed by atoms with Crippen molar-refractivity contribution in [2.24, 2.45) is 5.92 Å². The van der Waals surface area contributed by atoms with Crippen LogP contribution in [0.15, 0.2) is 30.3 Å². The fourth-order valence-corrected chi connectivity index (χ4v) is 2.79. The number of fused-ring (bicyclic) bond motifs is 3. The van der Waals surface area contributed by atoms with Gasteiger partial charge in [0.2, 0.25) is 11.5 Å². The first-order valence-corrected chi connectivity index (χ1v) is 7.72. The number of aromatic amines is 1. The molecule has 0 saturated carbocycles. The summed E-state index contributed by atoms with van der Waals surface area (Å²) in [6, 6.07) is 12.5. The zero-order chi connectivity index (χ0) is 15.7. The van der Waals surface area contributed by atoms with Gasteiger partial charge in [0.1, 0.15) is 22.7 Å². The highest BCUT2D eigenvalue weighted by atomic mass is 15.1. The van der Waals surface area contributed by atoms with Crippen molar-refractivity contribution < 1.29 is 4.40 Å². The maximum atomic E-state index is 9.48. The predicted octanol–water partition coefficient (Wildman–Crippen LogP) is 3.54. The quantitative estimate of drug-likeness (QED) is 0.723. The van der Waals surface area contributed by atoms with Crippen molar-refractivity contribution >= 4 is 22.5 Å². The van der Waals surface area contributed by atoms with Crippen molar-refractivity contribution in [3.05, 3.63) is 41.5 Å². The van der Waals surface area contributed by atoms with Gasteiger partial charge in [-0.3, -0.25) is 4.98 Å². The molecule has 2 heterocycles. The molecule has 3 rings (SSSR count). The summed E-state index contributed by atoms with van der Waals surface area (Å²) >= 11 is 0. The van der Waals surface area contributed by atoms with Crippen molar-refractivity contribution in [2.75, 3.05) is 11.9 Å². The number of imidazole rings is 1. The second-order valence-corrected chi connectivity index (χ2v) is 6.13. The van der Waals surface area contributed by atoms with Crippen LogP contribution in [0.4, 0.5) is 5.82 Å². The second-order valence-electron chi connectivity index (χ2n) is 6.13. The van der Waals surface area contributed by atoms with Gasteiger partial charge >= 0.3 is 0 Å². The van der Waals surface area contributed by atoms with Crippen molar-refractivity contribution in [1.29, 1.82) is 5.26 Å². The second kappa shape index (κ2) is 5.69. The molecule has 0 aliphatic heterocycles. The van der Waals surface area contributed by atoms with E-state index in [1.807, 2.05) is 25.1 Å². The molecule has 2 aromatic heterocycles. The first-order valence-electron chi connectivity index (χ1n) is 7.72. The van der Waals surface area contributed by atoms with Gasteiger partial charge in [-0.1, -0.05) is 26.0 Å².